The lowest BCUT2D eigenvalue weighted by Crippen LogP contribution is -2.43. The summed E-state index contributed by atoms with van der Waals surface area (Å²) in [6.45, 7) is 9.92. The van der Waals surface area contributed by atoms with Crippen LogP contribution in [0.25, 0.3) is 0 Å². The number of rotatable bonds is 2. The van der Waals surface area contributed by atoms with E-state index in [0.717, 1.165) is 6.54 Å². The van der Waals surface area contributed by atoms with Crippen molar-refractivity contribution in [3.8, 4) is 0 Å². The Morgan fingerprint density at radius 3 is 2.44 bits per heavy atom. The summed E-state index contributed by atoms with van der Waals surface area (Å²) in [7, 11) is 0. The van der Waals surface area contributed by atoms with E-state index in [0.29, 0.717) is 35.6 Å². The van der Waals surface area contributed by atoms with Gasteiger partial charge in [-0.1, -0.05) is 20.8 Å². The van der Waals surface area contributed by atoms with Crippen LogP contribution in [0.15, 0.2) is 0 Å². The summed E-state index contributed by atoms with van der Waals surface area (Å²) in [6.07, 6.45) is 3.68. The SMILES string of the molecule is CC(C)C1C(C)C1C(=O)N1CCCCC1C. The van der Waals surface area contributed by atoms with Crippen LogP contribution >= 0.6 is 0 Å². The highest BCUT2D eigenvalue weighted by molar-refractivity contribution is 5.82. The normalized spacial score (nSPS) is 38.9. The highest BCUT2D eigenvalue weighted by Crippen LogP contribution is 2.51. The van der Waals surface area contributed by atoms with Gasteiger partial charge in [-0.3, -0.25) is 4.79 Å². The first-order valence-corrected chi connectivity index (χ1v) is 6.84. The zero-order chi connectivity index (χ0) is 11.9. The predicted octanol–water partition coefficient (Wildman–Crippen LogP) is 2.93. The van der Waals surface area contributed by atoms with Crippen LogP contribution in [0.2, 0.25) is 0 Å². The molecule has 1 aliphatic carbocycles. The highest BCUT2D eigenvalue weighted by atomic mass is 16.2. The minimum Gasteiger partial charge on any atom is -0.340 e. The third-order valence-electron chi connectivity index (χ3n) is 4.59. The lowest BCUT2D eigenvalue weighted by atomic mass is 10.0. The summed E-state index contributed by atoms with van der Waals surface area (Å²) in [5, 5.41) is 0. The molecule has 0 aromatic heterocycles. The Morgan fingerprint density at radius 2 is 1.94 bits per heavy atom. The molecule has 2 fully saturated rings. The van der Waals surface area contributed by atoms with Gasteiger partial charge in [-0.25, -0.2) is 0 Å². The lowest BCUT2D eigenvalue weighted by Gasteiger charge is -2.34. The molecule has 1 aliphatic heterocycles. The van der Waals surface area contributed by atoms with Gasteiger partial charge in [-0.05, 0) is 43.9 Å². The first-order chi connectivity index (χ1) is 7.54. The molecule has 1 heterocycles. The van der Waals surface area contributed by atoms with Gasteiger partial charge < -0.3 is 4.90 Å². The predicted molar refractivity (Wildman–Crippen MR) is 66.0 cm³/mol. The molecule has 92 valence electrons. The van der Waals surface area contributed by atoms with E-state index in [1.807, 2.05) is 0 Å². The van der Waals surface area contributed by atoms with Crippen molar-refractivity contribution < 1.29 is 4.79 Å². The van der Waals surface area contributed by atoms with E-state index in [1.165, 1.54) is 19.3 Å². The smallest absolute Gasteiger partial charge is 0.226 e. The molecule has 4 unspecified atom stereocenters. The highest BCUT2D eigenvalue weighted by Gasteiger charge is 2.54. The molecule has 2 nitrogen and oxygen atoms in total. The zero-order valence-electron chi connectivity index (χ0n) is 11.1. The molecule has 1 saturated carbocycles. The van der Waals surface area contributed by atoms with E-state index in [9.17, 15) is 4.79 Å². The van der Waals surface area contributed by atoms with Gasteiger partial charge in [0, 0.05) is 18.5 Å². The number of hydrogen-bond acceptors (Lipinski definition) is 1. The molecule has 2 aliphatic rings. The maximum atomic E-state index is 12.4. The van der Waals surface area contributed by atoms with Crippen LogP contribution in [0.3, 0.4) is 0 Å². The van der Waals surface area contributed by atoms with Gasteiger partial charge in [0.2, 0.25) is 5.91 Å². The van der Waals surface area contributed by atoms with Gasteiger partial charge in [-0.2, -0.15) is 0 Å². The zero-order valence-corrected chi connectivity index (χ0v) is 11.1. The number of likely N-dealkylation sites (tertiary alicyclic amines) is 1. The second kappa shape index (κ2) is 4.38. The van der Waals surface area contributed by atoms with Crippen LogP contribution in [-0.2, 0) is 4.79 Å². The minimum atomic E-state index is 0.334. The van der Waals surface area contributed by atoms with E-state index < -0.39 is 0 Å². The van der Waals surface area contributed by atoms with E-state index in [4.69, 9.17) is 0 Å². The van der Waals surface area contributed by atoms with Gasteiger partial charge >= 0.3 is 0 Å². The van der Waals surface area contributed by atoms with Crippen molar-refractivity contribution in [2.24, 2.45) is 23.7 Å². The van der Waals surface area contributed by atoms with Gasteiger partial charge in [0.25, 0.3) is 0 Å². The van der Waals surface area contributed by atoms with Gasteiger partial charge in [0.05, 0.1) is 0 Å². The quantitative estimate of drug-likeness (QED) is 0.705. The Balaban J connectivity index is 1.98. The Morgan fingerprint density at radius 1 is 1.25 bits per heavy atom. The van der Waals surface area contributed by atoms with Crippen LogP contribution in [0, 0.1) is 23.7 Å². The number of amides is 1. The molecule has 0 bridgehead atoms. The first-order valence-electron chi connectivity index (χ1n) is 6.84. The number of piperidine rings is 1. The summed E-state index contributed by atoms with van der Waals surface area (Å²) < 4.78 is 0. The first kappa shape index (κ1) is 11.9. The molecule has 4 atom stereocenters. The molecule has 0 radical (unpaired) electrons. The molecule has 0 spiro atoms. The third-order valence-corrected chi connectivity index (χ3v) is 4.59. The topological polar surface area (TPSA) is 20.3 Å². The van der Waals surface area contributed by atoms with Crippen molar-refractivity contribution >= 4 is 5.91 Å². The van der Waals surface area contributed by atoms with Gasteiger partial charge in [0.1, 0.15) is 0 Å². The molecule has 2 rings (SSSR count). The summed E-state index contributed by atoms with van der Waals surface area (Å²) in [6, 6.07) is 0.474. The molecular formula is C14H25NO. The molecule has 1 saturated heterocycles. The van der Waals surface area contributed by atoms with E-state index in [1.54, 1.807) is 0 Å². The fourth-order valence-corrected chi connectivity index (χ4v) is 3.52. The van der Waals surface area contributed by atoms with Gasteiger partial charge in [0.15, 0.2) is 0 Å². The molecule has 0 aromatic rings. The van der Waals surface area contributed by atoms with Crippen molar-refractivity contribution in [3.05, 3.63) is 0 Å². The number of nitrogens with zero attached hydrogens (tertiary/aromatic N) is 1. The fourth-order valence-electron chi connectivity index (χ4n) is 3.52. The average Bonchev–Trinajstić information content (AvgIpc) is 2.90. The molecule has 16 heavy (non-hydrogen) atoms. The van der Waals surface area contributed by atoms with Gasteiger partial charge in [-0.15, -0.1) is 0 Å². The van der Waals surface area contributed by atoms with Crippen LogP contribution < -0.4 is 0 Å². The van der Waals surface area contributed by atoms with E-state index in [-0.39, 0.29) is 0 Å². The number of carbonyl (C=O) groups is 1. The third kappa shape index (κ3) is 1.99. The van der Waals surface area contributed by atoms with E-state index in [2.05, 4.69) is 32.6 Å². The second-order valence-electron chi connectivity index (χ2n) is 6.08. The van der Waals surface area contributed by atoms with Crippen molar-refractivity contribution in [1.29, 1.82) is 0 Å². The van der Waals surface area contributed by atoms with Crippen molar-refractivity contribution in [1.82, 2.24) is 4.90 Å². The fraction of sp³-hybridized carbons (Fsp3) is 0.929. The van der Waals surface area contributed by atoms with Crippen molar-refractivity contribution in [2.45, 2.75) is 53.0 Å². The van der Waals surface area contributed by atoms with Crippen LogP contribution in [0.5, 0.6) is 0 Å². The monoisotopic (exact) mass is 223 g/mol. The second-order valence-corrected chi connectivity index (χ2v) is 6.08. The molecule has 1 amide bonds. The summed E-state index contributed by atoms with van der Waals surface area (Å²) >= 11 is 0. The standard InChI is InChI=1S/C14H25NO/c1-9(2)12-11(4)13(12)14(16)15-8-6-5-7-10(15)3/h9-13H,5-8H2,1-4H3. The van der Waals surface area contributed by atoms with Crippen LogP contribution in [0.4, 0.5) is 0 Å². The maximum Gasteiger partial charge on any atom is 0.226 e. The van der Waals surface area contributed by atoms with Crippen molar-refractivity contribution in [2.75, 3.05) is 6.54 Å². The Labute approximate surface area is 99.4 Å². The Kier molecular flexibility index (Phi) is 3.27. The average molecular weight is 223 g/mol. The van der Waals surface area contributed by atoms with E-state index >= 15 is 0 Å². The molecule has 0 aromatic carbocycles. The maximum absolute atomic E-state index is 12.4. The molecule has 2 heteroatoms. The number of hydrogen-bond donors (Lipinski definition) is 0. The summed E-state index contributed by atoms with van der Waals surface area (Å²) in [5.74, 6) is 2.69. The Bertz CT molecular complexity index is 274. The van der Waals surface area contributed by atoms with Crippen LogP contribution in [0.1, 0.15) is 47.0 Å². The lowest BCUT2D eigenvalue weighted by molar-refractivity contribution is -0.136. The van der Waals surface area contributed by atoms with Crippen molar-refractivity contribution in [3.63, 3.8) is 0 Å². The summed E-state index contributed by atoms with van der Waals surface area (Å²) in [5.41, 5.74) is 0. The van der Waals surface area contributed by atoms with Crippen LogP contribution in [-0.4, -0.2) is 23.4 Å². The summed E-state index contributed by atoms with van der Waals surface area (Å²) in [4.78, 5) is 14.6. The molecular weight excluding hydrogens is 198 g/mol. The largest absolute Gasteiger partial charge is 0.340 e. The molecule has 0 N–H and O–H groups in total. The number of carbonyl (C=O) groups excluding carboxylic acids is 1. The Hall–Kier alpha value is -0.530. The minimum absolute atomic E-state index is 0.334.